The van der Waals surface area contributed by atoms with Gasteiger partial charge in [0.25, 0.3) is 5.91 Å². The van der Waals surface area contributed by atoms with E-state index in [1.54, 1.807) is 5.38 Å². The highest BCUT2D eigenvalue weighted by Crippen LogP contribution is 2.27. The molecule has 0 radical (unpaired) electrons. The quantitative estimate of drug-likeness (QED) is 0.456. The molecule has 2 N–H and O–H groups in total. The Morgan fingerprint density at radius 3 is 2.40 bits per heavy atom. The van der Waals surface area contributed by atoms with Crippen molar-refractivity contribution < 1.29 is 9.59 Å². The topological polar surface area (TPSA) is 84.0 Å². The number of hydrogen-bond donors (Lipinski definition) is 2. The Morgan fingerprint density at radius 2 is 1.67 bits per heavy atom. The number of amides is 2. The minimum Gasteiger partial charge on any atom is -0.352 e. The summed E-state index contributed by atoms with van der Waals surface area (Å²) in [6.07, 6.45) is 0. The summed E-state index contributed by atoms with van der Waals surface area (Å²) >= 11 is 2.80. The first-order valence-electron chi connectivity index (χ1n) is 9.20. The third-order valence-electron chi connectivity index (χ3n) is 4.27. The van der Waals surface area contributed by atoms with Gasteiger partial charge < -0.3 is 5.32 Å². The highest BCUT2D eigenvalue weighted by Gasteiger charge is 2.14. The van der Waals surface area contributed by atoms with Crippen LogP contribution in [0.15, 0.2) is 65.4 Å². The zero-order valence-electron chi connectivity index (χ0n) is 16.1. The third-order valence-corrected chi connectivity index (χ3v) is 5.92. The summed E-state index contributed by atoms with van der Waals surface area (Å²) in [6.45, 7) is 1.99. The number of anilines is 1. The van der Waals surface area contributed by atoms with Gasteiger partial charge in [-0.2, -0.15) is 0 Å². The number of carbonyl (C=O) groups is 2. The number of hydrogen-bond acceptors (Lipinski definition) is 6. The van der Waals surface area contributed by atoms with Crippen molar-refractivity contribution in [2.24, 2.45) is 0 Å². The molecule has 150 valence electrons. The minimum atomic E-state index is -0.278. The van der Waals surface area contributed by atoms with E-state index in [2.05, 4.69) is 20.6 Å². The molecule has 2 heterocycles. The summed E-state index contributed by atoms with van der Waals surface area (Å²) in [4.78, 5) is 32.5. The molecule has 2 aromatic carbocycles. The van der Waals surface area contributed by atoms with E-state index < -0.39 is 0 Å². The van der Waals surface area contributed by atoms with Crippen LogP contribution >= 0.6 is 22.7 Å². The van der Waals surface area contributed by atoms with Crippen LogP contribution in [0.1, 0.15) is 23.0 Å². The van der Waals surface area contributed by atoms with Gasteiger partial charge in [0.05, 0.1) is 5.69 Å². The van der Waals surface area contributed by atoms with E-state index in [-0.39, 0.29) is 11.8 Å². The highest BCUT2D eigenvalue weighted by atomic mass is 32.1. The van der Waals surface area contributed by atoms with Crippen molar-refractivity contribution in [1.82, 2.24) is 15.3 Å². The summed E-state index contributed by atoms with van der Waals surface area (Å²) in [5, 5.41) is 10.6. The van der Waals surface area contributed by atoms with E-state index in [1.807, 2.05) is 60.0 Å². The number of aromatic nitrogens is 2. The standard InChI is InChI=1S/C22H18N4O2S2/c1-14(27)23-11-15-7-9-16(10-8-15)18-12-30-22(25-18)26-20(28)19-13-29-21(24-19)17-5-3-2-4-6-17/h2-10,12-13H,11H2,1H3,(H,23,27)(H,25,26,28). The molecule has 0 aliphatic carbocycles. The highest BCUT2D eigenvalue weighted by molar-refractivity contribution is 7.14. The van der Waals surface area contributed by atoms with Crippen molar-refractivity contribution in [2.75, 3.05) is 5.32 Å². The lowest BCUT2D eigenvalue weighted by molar-refractivity contribution is -0.119. The van der Waals surface area contributed by atoms with Crippen LogP contribution in [-0.2, 0) is 11.3 Å². The molecule has 0 spiro atoms. The Morgan fingerprint density at radius 1 is 0.900 bits per heavy atom. The van der Waals surface area contributed by atoms with Crippen molar-refractivity contribution in [1.29, 1.82) is 0 Å². The fraction of sp³-hybridized carbons (Fsp3) is 0.0909. The molecule has 2 amide bonds. The maximum atomic E-state index is 12.5. The lowest BCUT2D eigenvalue weighted by atomic mass is 10.1. The van der Waals surface area contributed by atoms with E-state index in [9.17, 15) is 9.59 Å². The molecule has 0 aliphatic rings. The lowest BCUT2D eigenvalue weighted by Crippen LogP contribution is -2.18. The second kappa shape index (κ2) is 8.98. The zero-order chi connectivity index (χ0) is 20.9. The molecule has 30 heavy (non-hydrogen) atoms. The number of nitrogens with one attached hydrogen (secondary N) is 2. The van der Waals surface area contributed by atoms with Crippen molar-refractivity contribution in [3.05, 3.63) is 76.6 Å². The SMILES string of the molecule is CC(=O)NCc1ccc(-c2csc(NC(=O)c3csc(-c4ccccc4)n3)n2)cc1. The molecule has 4 aromatic rings. The number of benzene rings is 2. The van der Waals surface area contributed by atoms with Crippen molar-refractivity contribution >= 4 is 39.6 Å². The van der Waals surface area contributed by atoms with Crippen LogP contribution in [0.4, 0.5) is 5.13 Å². The monoisotopic (exact) mass is 434 g/mol. The molecule has 0 unspecified atom stereocenters. The minimum absolute atomic E-state index is 0.0602. The van der Waals surface area contributed by atoms with Crippen molar-refractivity contribution in [2.45, 2.75) is 13.5 Å². The van der Waals surface area contributed by atoms with Gasteiger partial charge in [0.15, 0.2) is 5.13 Å². The molecule has 0 saturated carbocycles. The largest absolute Gasteiger partial charge is 0.352 e. The molecule has 0 bridgehead atoms. The Labute approximate surface area is 181 Å². The summed E-state index contributed by atoms with van der Waals surface area (Å²) < 4.78 is 0. The molecule has 0 atom stereocenters. The second-order valence-electron chi connectivity index (χ2n) is 6.50. The molecule has 2 aromatic heterocycles. The number of rotatable bonds is 6. The summed E-state index contributed by atoms with van der Waals surface area (Å²) in [6, 6.07) is 17.6. The van der Waals surface area contributed by atoms with E-state index in [1.165, 1.54) is 29.6 Å². The zero-order valence-corrected chi connectivity index (χ0v) is 17.7. The Balaban J connectivity index is 1.41. The first-order chi connectivity index (χ1) is 14.6. The normalized spacial score (nSPS) is 10.6. The Kier molecular flexibility index (Phi) is 5.97. The summed E-state index contributed by atoms with van der Waals surface area (Å²) in [5.41, 5.74) is 4.09. The predicted molar refractivity (Wildman–Crippen MR) is 121 cm³/mol. The van der Waals surface area contributed by atoms with Gasteiger partial charge in [0.2, 0.25) is 5.91 Å². The fourth-order valence-electron chi connectivity index (χ4n) is 2.74. The molecule has 6 nitrogen and oxygen atoms in total. The van der Waals surface area contributed by atoms with E-state index in [4.69, 9.17) is 0 Å². The molecule has 0 aliphatic heterocycles. The molecular weight excluding hydrogens is 416 g/mol. The van der Waals surface area contributed by atoms with Gasteiger partial charge in [-0.25, -0.2) is 9.97 Å². The van der Waals surface area contributed by atoms with Gasteiger partial charge in [-0.15, -0.1) is 22.7 Å². The Bertz CT molecular complexity index is 1170. The van der Waals surface area contributed by atoms with Gasteiger partial charge in [0, 0.05) is 35.4 Å². The van der Waals surface area contributed by atoms with E-state index in [0.717, 1.165) is 27.4 Å². The number of nitrogens with zero attached hydrogens (tertiary/aromatic N) is 2. The first kappa shape index (κ1) is 19.9. The average Bonchev–Trinajstić information content (AvgIpc) is 3.43. The smallest absolute Gasteiger partial charge is 0.276 e. The van der Waals surface area contributed by atoms with E-state index >= 15 is 0 Å². The summed E-state index contributed by atoms with van der Waals surface area (Å²) in [5.74, 6) is -0.338. The van der Waals surface area contributed by atoms with Gasteiger partial charge in [-0.3, -0.25) is 14.9 Å². The third kappa shape index (κ3) is 4.79. The predicted octanol–water partition coefficient (Wildman–Crippen LogP) is 4.82. The maximum absolute atomic E-state index is 12.5. The van der Waals surface area contributed by atoms with Crippen LogP contribution in [0.3, 0.4) is 0 Å². The van der Waals surface area contributed by atoms with Gasteiger partial charge in [-0.1, -0.05) is 54.6 Å². The first-order valence-corrected chi connectivity index (χ1v) is 11.0. The molecular formula is C22H18N4O2S2. The summed E-state index contributed by atoms with van der Waals surface area (Å²) in [7, 11) is 0. The second-order valence-corrected chi connectivity index (χ2v) is 8.22. The van der Waals surface area contributed by atoms with Gasteiger partial charge in [0.1, 0.15) is 10.7 Å². The van der Waals surface area contributed by atoms with Crippen LogP contribution in [0.25, 0.3) is 21.8 Å². The molecule has 4 rings (SSSR count). The molecule has 0 fully saturated rings. The number of carbonyl (C=O) groups excluding carboxylic acids is 2. The van der Waals surface area contributed by atoms with Crippen LogP contribution in [0, 0.1) is 0 Å². The van der Waals surface area contributed by atoms with Crippen molar-refractivity contribution in [3.63, 3.8) is 0 Å². The maximum Gasteiger partial charge on any atom is 0.276 e. The number of thiazole rings is 2. The van der Waals surface area contributed by atoms with Crippen molar-refractivity contribution in [3.8, 4) is 21.8 Å². The van der Waals surface area contributed by atoms with Gasteiger partial charge >= 0.3 is 0 Å². The van der Waals surface area contributed by atoms with Crippen LogP contribution in [0.5, 0.6) is 0 Å². The van der Waals surface area contributed by atoms with Crippen LogP contribution in [0.2, 0.25) is 0 Å². The lowest BCUT2D eigenvalue weighted by Gasteiger charge is -2.03. The van der Waals surface area contributed by atoms with Crippen LogP contribution in [-0.4, -0.2) is 21.8 Å². The molecule has 0 saturated heterocycles. The van der Waals surface area contributed by atoms with E-state index in [0.29, 0.717) is 17.4 Å². The van der Waals surface area contributed by atoms with Crippen LogP contribution < -0.4 is 10.6 Å². The fourth-order valence-corrected chi connectivity index (χ4v) is 4.26. The average molecular weight is 435 g/mol. The molecule has 8 heteroatoms. The van der Waals surface area contributed by atoms with Gasteiger partial charge in [-0.05, 0) is 5.56 Å². The Hall–Kier alpha value is -3.36.